The molecule has 0 radical (unpaired) electrons. The highest BCUT2D eigenvalue weighted by Gasteiger charge is 2.23. The van der Waals surface area contributed by atoms with Crippen LogP contribution in [-0.4, -0.2) is 0 Å². The molecule has 0 bridgehead atoms. The molecule has 0 saturated carbocycles. The van der Waals surface area contributed by atoms with E-state index in [2.05, 4.69) is 254 Å². The van der Waals surface area contributed by atoms with E-state index in [1.54, 1.807) is 0 Å². The molecule has 0 aliphatic rings. The van der Waals surface area contributed by atoms with Gasteiger partial charge in [-0.2, -0.15) is 0 Å². The maximum Gasteiger partial charge on any atom is 0.0540 e. The maximum absolute atomic E-state index is 2.42. The van der Waals surface area contributed by atoms with Crippen LogP contribution in [0.4, 0.5) is 17.1 Å². The van der Waals surface area contributed by atoms with Gasteiger partial charge >= 0.3 is 0 Å². The van der Waals surface area contributed by atoms with Crippen LogP contribution < -0.4 is 4.90 Å². The molecule has 278 valence electrons. The van der Waals surface area contributed by atoms with E-state index in [1.165, 1.54) is 72.0 Å². The molecule has 10 rings (SSSR count). The Balaban J connectivity index is 1.15. The molecular weight excluding hydrogens is 711 g/mol. The van der Waals surface area contributed by atoms with Crippen LogP contribution >= 0.6 is 0 Å². The summed E-state index contributed by atoms with van der Waals surface area (Å²) in [5.74, 6) is 0. The molecule has 0 atom stereocenters. The van der Waals surface area contributed by atoms with Crippen LogP contribution in [0.2, 0.25) is 0 Å². The summed E-state index contributed by atoms with van der Waals surface area (Å²) in [6, 6.07) is 89.9. The quantitative estimate of drug-likeness (QED) is 0.142. The number of hydrogen-bond donors (Lipinski definition) is 0. The summed E-state index contributed by atoms with van der Waals surface area (Å²) < 4.78 is 0. The van der Waals surface area contributed by atoms with Gasteiger partial charge < -0.3 is 4.90 Å². The number of nitrogens with zero attached hydrogens (tertiary/aromatic N) is 1. The lowest BCUT2D eigenvalue weighted by molar-refractivity contribution is 1.29. The molecule has 10 aromatic carbocycles. The van der Waals surface area contributed by atoms with Gasteiger partial charge in [0.15, 0.2) is 0 Å². The summed E-state index contributed by atoms with van der Waals surface area (Å²) in [4.78, 5) is 2.42. The van der Waals surface area contributed by atoms with Crippen molar-refractivity contribution in [3.05, 3.63) is 249 Å². The predicted molar refractivity (Wildman–Crippen MR) is 251 cm³/mol. The lowest BCUT2D eigenvalue weighted by Gasteiger charge is -2.29. The Morgan fingerprint density at radius 1 is 0.220 bits per heavy atom. The monoisotopic (exact) mass is 751 g/mol. The minimum absolute atomic E-state index is 1.09. The topological polar surface area (TPSA) is 3.24 Å². The van der Waals surface area contributed by atoms with Gasteiger partial charge in [-0.05, 0) is 102 Å². The Kier molecular flexibility index (Phi) is 9.68. The summed E-state index contributed by atoms with van der Waals surface area (Å²) in [7, 11) is 0. The molecule has 0 aromatic heterocycles. The number of rotatable bonds is 9. The molecule has 0 unspecified atom stereocenters. The minimum atomic E-state index is 1.09. The molecule has 0 N–H and O–H groups in total. The number of hydrogen-bond acceptors (Lipinski definition) is 1. The molecular formula is C58H41N. The van der Waals surface area contributed by atoms with Crippen molar-refractivity contribution in [2.24, 2.45) is 0 Å². The summed E-state index contributed by atoms with van der Waals surface area (Å²) >= 11 is 0. The summed E-state index contributed by atoms with van der Waals surface area (Å²) in [6.07, 6.45) is 0. The molecule has 0 aliphatic heterocycles. The first-order valence-electron chi connectivity index (χ1n) is 20.3. The minimum Gasteiger partial charge on any atom is -0.310 e. The summed E-state index contributed by atoms with van der Waals surface area (Å²) in [6.45, 7) is 0. The predicted octanol–water partition coefficient (Wildman–Crippen LogP) is 16.3. The maximum atomic E-state index is 2.42. The Bertz CT molecular complexity index is 3000. The average Bonchev–Trinajstić information content (AvgIpc) is 3.33. The molecule has 0 aliphatic carbocycles. The number of anilines is 3. The third-order valence-electron chi connectivity index (χ3n) is 11.3. The summed E-state index contributed by atoms with van der Waals surface area (Å²) in [5.41, 5.74) is 17.6. The number of para-hydroxylation sites is 1. The lowest BCUT2D eigenvalue weighted by atomic mass is 9.84. The molecule has 0 spiro atoms. The van der Waals surface area contributed by atoms with Crippen molar-refractivity contribution < 1.29 is 0 Å². The van der Waals surface area contributed by atoms with Crippen LogP contribution in [0.1, 0.15) is 0 Å². The largest absolute Gasteiger partial charge is 0.310 e. The van der Waals surface area contributed by atoms with Crippen molar-refractivity contribution in [3.63, 3.8) is 0 Å². The van der Waals surface area contributed by atoms with Crippen LogP contribution in [0.3, 0.4) is 0 Å². The third kappa shape index (κ3) is 7.12. The highest BCUT2D eigenvalue weighted by atomic mass is 15.1. The molecule has 59 heavy (non-hydrogen) atoms. The van der Waals surface area contributed by atoms with Crippen LogP contribution in [0.15, 0.2) is 249 Å². The van der Waals surface area contributed by atoms with Gasteiger partial charge in [-0.1, -0.05) is 218 Å². The zero-order chi connectivity index (χ0) is 39.4. The van der Waals surface area contributed by atoms with E-state index in [1.807, 2.05) is 0 Å². The van der Waals surface area contributed by atoms with Gasteiger partial charge in [0.1, 0.15) is 0 Å². The van der Waals surface area contributed by atoms with Gasteiger partial charge in [-0.3, -0.25) is 0 Å². The van der Waals surface area contributed by atoms with Crippen molar-refractivity contribution in [2.75, 3.05) is 4.90 Å². The van der Waals surface area contributed by atoms with E-state index >= 15 is 0 Å². The zero-order valence-electron chi connectivity index (χ0n) is 32.6. The molecule has 0 amide bonds. The van der Waals surface area contributed by atoms with E-state index in [0.29, 0.717) is 0 Å². The van der Waals surface area contributed by atoms with E-state index in [9.17, 15) is 0 Å². The van der Waals surface area contributed by atoms with Crippen molar-refractivity contribution in [2.45, 2.75) is 0 Å². The first-order chi connectivity index (χ1) is 29.3. The molecule has 0 saturated heterocycles. The van der Waals surface area contributed by atoms with Crippen LogP contribution in [0.5, 0.6) is 0 Å². The van der Waals surface area contributed by atoms with Crippen LogP contribution in [0, 0.1) is 0 Å². The Morgan fingerprint density at radius 3 is 1.29 bits per heavy atom. The first kappa shape index (κ1) is 35.7. The highest BCUT2D eigenvalue weighted by molar-refractivity contribution is 6.03. The summed E-state index contributed by atoms with van der Waals surface area (Å²) in [5, 5.41) is 2.42. The molecule has 0 fully saturated rings. The highest BCUT2D eigenvalue weighted by Crippen LogP contribution is 2.48. The van der Waals surface area contributed by atoms with Gasteiger partial charge in [0.2, 0.25) is 0 Å². The number of benzene rings is 10. The van der Waals surface area contributed by atoms with E-state index in [4.69, 9.17) is 0 Å². The normalized spacial score (nSPS) is 11.1. The van der Waals surface area contributed by atoms with Gasteiger partial charge in [0, 0.05) is 16.9 Å². The molecule has 1 heteroatoms. The van der Waals surface area contributed by atoms with Crippen molar-refractivity contribution in [1.82, 2.24) is 0 Å². The van der Waals surface area contributed by atoms with Crippen molar-refractivity contribution in [3.8, 4) is 66.8 Å². The molecule has 10 aromatic rings. The molecule has 0 heterocycles. The smallest absolute Gasteiger partial charge is 0.0540 e. The fourth-order valence-electron chi connectivity index (χ4n) is 8.42. The Hall–Kier alpha value is -7.74. The van der Waals surface area contributed by atoms with Crippen LogP contribution in [0.25, 0.3) is 77.5 Å². The van der Waals surface area contributed by atoms with E-state index in [-0.39, 0.29) is 0 Å². The lowest BCUT2D eigenvalue weighted by Crippen LogP contribution is -2.11. The SMILES string of the molecule is c1ccc(-c2ccc(-c3ccc(N(c4ccc5ccccc5c4)c4ccccc4-c4cccc(-c5ccccc5)c4-c4ccccc4-c4ccccc4)cc3)cc2)cc1. The van der Waals surface area contributed by atoms with E-state index in [0.717, 1.165) is 22.6 Å². The van der Waals surface area contributed by atoms with Crippen molar-refractivity contribution in [1.29, 1.82) is 0 Å². The Morgan fingerprint density at radius 2 is 0.644 bits per heavy atom. The van der Waals surface area contributed by atoms with Gasteiger partial charge in [0.25, 0.3) is 0 Å². The fraction of sp³-hybridized carbons (Fsp3) is 0. The first-order valence-corrected chi connectivity index (χ1v) is 20.3. The second-order valence-corrected chi connectivity index (χ2v) is 14.9. The third-order valence-corrected chi connectivity index (χ3v) is 11.3. The van der Waals surface area contributed by atoms with E-state index < -0.39 is 0 Å². The average molecular weight is 752 g/mol. The second kappa shape index (κ2) is 16.0. The second-order valence-electron chi connectivity index (χ2n) is 14.9. The van der Waals surface area contributed by atoms with Gasteiger partial charge in [-0.25, -0.2) is 0 Å². The zero-order valence-corrected chi connectivity index (χ0v) is 32.6. The standard InChI is InChI=1S/C58H41N/c1-4-17-42(18-5-1)44-31-33-45(34-32-44)46-35-38-50(39-36-46)59(51-40-37-43-19-10-11-24-49(43)41-51)57-30-15-14-26-54(57)56-29-16-28-53(48-22-8-3-9-23-48)58(56)55-27-13-12-25-52(55)47-20-6-2-7-21-47/h1-41H. The number of fused-ring (bicyclic) bond motifs is 1. The molecule has 1 nitrogen and oxygen atoms in total. The van der Waals surface area contributed by atoms with Crippen molar-refractivity contribution >= 4 is 27.8 Å². The van der Waals surface area contributed by atoms with Gasteiger partial charge in [-0.15, -0.1) is 0 Å². The van der Waals surface area contributed by atoms with Gasteiger partial charge in [0.05, 0.1) is 5.69 Å². The fourth-order valence-corrected chi connectivity index (χ4v) is 8.42. The van der Waals surface area contributed by atoms with Crippen LogP contribution in [-0.2, 0) is 0 Å². The Labute approximate surface area is 346 Å².